The Labute approximate surface area is 185 Å². The quantitative estimate of drug-likeness (QED) is 0.650. The van der Waals surface area contributed by atoms with E-state index in [9.17, 15) is 19.5 Å². The van der Waals surface area contributed by atoms with Crippen molar-refractivity contribution in [2.24, 2.45) is 23.7 Å². The van der Waals surface area contributed by atoms with E-state index in [4.69, 9.17) is 4.74 Å². The Morgan fingerprint density at radius 1 is 1.06 bits per heavy atom. The van der Waals surface area contributed by atoms with Gasteiger partial charge < -0.3 is 15.2 Å². The number of benzene rings is 1. The van der Waals surface area contributed by atoms with E-state index < -0.39 is 23.8 Å². The van der Waals surface area contributed by atoms with E-state index in [0.29, 0.717) is 10.6 Å². The van der Waals surface area contributed by atoms with Crippen LogP contribution >= 0.6 is 11.3 Å². The van der Waals surface area contributed by atoms with E-state index in [2.05, 4.69) is 5.32 Å². The van der Waals surface area contributed by atoms with Gasteiger partial charge in [-0.15, -0.1) is 11.3 Å². The number of hydrogen-bond acceptors (Lipinski definition) is 5. The first kappa shape index (κ1) is 21.6. The molecule has 2 aliphatic carbocycles. The molecular formula is C24H27NO5S. The maximum Gasteiger partial charge on any atom is 0.341 e. The molecule has 0 spiro atoms. The summed E-state index contributed by atoms with van der Waals surface area (Å²) in [5, 5.41) is 13.0. The van der Waals surface area contributed by atoms with Crippen LogP contribution in [0.5, 0.6) is 0 Å². The van der Waals surface area contributed by atoms with Gasteiger partial charge >= 0.3 is 11.9 Å². The number of methoxy groups -OCH3 is 1. The van der Waals surface area contributed by atoms with Gasteiger partial charge in [-0.05, 0) is 68.6 Å². The molecule has 2 N–H and O–H groups in total. The number of nitrogens with one attached hydrogen (secondary N) is 1. The van der Waals surface area contributed by atoms with Crippen molar-refractivity contribution in [2.45, 2.75) is 40.0 Å². The van der Waals surface area contributed by atoms with Crippen LogP contribution in [0.4, 0.5) is 5.00 Å². The average Bonchev–Trinajstić information content (AvgIpc) is 3.42. The molecule has 0 radical (unpaired) electrons. The van der Waals surface area contributed by atoms with Crippen molar-refractivity contribution in [3.05, 3.63) is 39.8 Å². The Kier molecular flexibility index (Phi) is 5.64. The number of carbonyl (C=O) groups is 3. The molecule has 2 aliphatic rings. The summed E-state index contributed by atoms with van der Waals surface area (Å²) >= 11 is 1.33. The van der Waals surface area contributed by atoms with Crippen LogP contribution in [0.25, 0.3) is 11.1 Å². The first-order chi connectivity index (χ1) is 14.7. The molecule has 2 aromatic rings. The maximum absolute atomic E-state index is 13.2. The predicted octanol–water partition coefficient (Wildman–Crippen LogP) is 4.81. The lowest BCUT2D eigenvalue weighted by Crippen LogP contribution is -2.37. The number of esters is 1. The molecule has 1 amide bonds. The molecular weight excluding hydrogens is 414 g/mol. The van der Waals surface area contributed by atoms with Crippen LogP contribution in [-0.2, 0) is 14.3 Å². The number of carboxylic acids is 1. The van der Waals surface area contributed by atoms with Crippen molar-refractivity contribution >= 4 is 34.2 Å². The highest BCUT2D eigenvalue weighted by atomic mass is 32.1. The Bertz CT molecular complexity index is 1070. The molecule has 6 nitrogen and oxygen atoms in total. The zero-order chi connectivity index (χ0) is 22.4. The molecule has 164 valence electrons. The number of aliphatic carboxylic acids is 1. The minimum atomic E-state index is -0.904. The molecule has 1 aromatic heterocycles. The number of rotatable bonds is 5. The number of thiophene rings is 1. The fraction of sp³-hybridized carbons (Fsp3) is 0.458. The summed E-state index contributed by atoms with van der Waals surface area (Å²) in [6, 6.07) is 6.00. The van der Waals surface area contributed by atoms with Gasteiger partial charge in [-0.2, -0.15) is 0 Å². The highest BCUT2D eigenvalue weighted by molar-refractivity contribution is 7.17. The number of hydrogen-bond donors (Lipinski definition) is 2. The molecule has 31 heavy (non-hydrogen) atoms. The van der Waals surface area contributed by atoms with Gasteiger partial charge in [0.2, 0.25) is 5.91 Å². The predicted molar refractivity (Wildman–Crippen MR) is 119 cm³/mol. The first-order valence-electron chi connectivity index (χ1n) is 10.6. The fourth-order valence-corrected chi connectivity index (χ4v) is 6.46. The fourth-order valence-electron chi connectivity index (χ4n) is 5.39. The largest absolute Gasteiger partial charge is 0.481 e. The second-order valence-electron chi connectivity index (χ2n) is 8.74. The first-order valence-corrected chi connectivity index (χ1v) is 11.4. The smallest absolute Gasteiger partial charge is 0.341 e. The van der Waals surface area contributed by atoms with Crippen molar-refractivity contribution in [1.29, 1.82) is 0 Å². The third-order valence-electron chi connectivity index (χ3n) is 7.01. The van der Waals surface area contributed by atoms with Crippen molar-refractivity contribution in [3.63, 3.8) is 0 Å². The summed E-state index contributed by atoms with van der Waals surface area (Å²) in [6.45, 7) is 5.96. The molecule has 4 rings (SSSR count). The van der Waals surface area contributed by atoms with Gasteiger partial charge in [-0.1, -0.05) is 18.2 Å². The van der Waals surface area contributed by atoms with E-state index in [1.807, 2.05) is 39.0 Å². The summed E-state index contributed by atoms with van der Waals surface area (Å²) < 4.78 is 5.04. The van der Waals surface area contributed by atoms with Crippen molar-refractivity contribution in [1.82, 2.24) is 0 Å². The number of anilines is 1. The van der Waals surface area contributed by atoms with Crippen LogP contribution in [0, 0.1) is 44.4 Å². The zero-order valence-corrected chi connectivity index (χ0v) is 19.0. The van der Waals surface area contributed by atoms with Crippen LogP contribution < -0.4 is 5.32 Å². The standard InChI is InChI=1S/C24H27NO5S/c1-11-5-6-14(9-12(11)2)17-13(3)31-22(20(17)24(29)30-4)25-21(26)18-15-7-8-16(10-15)19(18)23(27)28/h5-6,9,15-16,18-19H,7-8,10H2,1-4H3,(H,25,26)(H,27,28)/t15-,16+,18-,19+/m1/s1. The molecule has 4 atom stereocenters. The van der Waals surface area contributed by atoms with Crippen LogP contribution in [-0.4, -0.2) is 30.1 Å². The van der Waals surface area contributed by atoms with E-state index in [1.54, 1.807) is 0 Å². The normalized spacial score (nSPS) is 24.3. The monoisotopic (exact) mass is 441 g/mol. The van der Waals surface area contributed by atoms with Crippen LogP contribution in [0.2, 0.25) is 0 Å². The third kappa shape index (κ3) is 3.65. The Balaban J connectivity index is 1.72. The summed E-state index contributed by atoms with van der Waals surface area (Å²) in [5.41, 5.74) is 4.23. The van der Waals surface area contributed by atoms with Gasteiger partial charge in [-0.25, -0.2) is 4.79 Å². The number of ether oxygens (including phenoxy) is 1. The summed E-state index contributed by atoms with van der Waals surface area (Å²) in [5.74, 6) is -2.79. The molecule has 0 aliphatic heterocycles. The second-order valence-corrected chi connectivity index (χ2v) is 9.97. The average molecular weight is 442 g/mol. The maximum atomic E-state index is 13.2. The molecule has 0 unspecified atom stereocenters. The van der Waals surface area contributed by atoms with E-state index in [0.717, 1.165) is 46.4 Å². The molecule has 0 saturated heterocycles. The molecule has 2 saturated carbocycles. The lowest BCUT2D eigenvalue weighted by Gasteiger charge is -2.26. The molecule has 1 aromatic carbocycles. The molecule has 2 fully saturated rings. The van der Waals surface area contributed by atoms with E-state index in [1.165, 1.54) is 18.4 Å². The van der Waals surface area contributed by atoms with Crippen LogP contribution in [0.3, 0.4) is 0 Å². The Morgan fingerprint density at radius 2 is 1.74 bits per heavy atom. The number of amides is 1. The highest BCUT2D eigenvalue weighted by Crippen LogP contribution is 2.53. The van der Waals surface area contributed by atoms with Crippen LogP contribution in [0.15, 0.2) is 18.2 Å². The minimum Gasteiger partial charge on any atom is -0.481 e. The van der Waals surface area contributed by atoms with Gasteiger partial charge in [0.05, 0.1) is 18.9 Å². The van der Waals surface area contributed by atoms with Crippen molar-refractivity contribution < 1.29 is 24.2 Å². The Hall–Kier alpha value is -2.67. The van der Waals surface area contributed by atoms with Crippen molar-refractivity contribution in [3.8, 4) is 11.1 Å². The Morgan fingerprint density at radius 3 is 2.35 bits per heavy atom. The zero-order valence-electron chi connectivity index (χ0n) is 18.2. The number of carbonyl (C=O) groups excluding carboxylic acids is 2. The van der Waals surface area contributed by atoms with Crippen LogP contribution in [0.1, 0.15) is 45.6 Å². The summed E-state index contributed by atoms with van der Waals surface area (Å²) in [7, 11) is 1.32. The second kappa shape index (κ2) is 8.11. The van der Waals surface area contributed by atoms with Gasteiger partial charge in [0, 0.05) is 10.4 Å². The third-order valence-corrected chi connectivity index (χ3v) is 8.03. The molecule has 2 bridgehead atoms. The van der Waals surface area contributed by atoms with Gasteiger partial charge in [-0.3, -0.25) is 9.59 Å². The van der Waals surface area contributed by atoms with E-state index >= 15 is 0 Å². The SMILES string of the molecule is COC(=O)c1c(NC(=O)[C@@H]2[C@@H]3CC[C@@H](C3)[C@@H]2C(=O)O)sc(C)c1-c1ccc(C)c(C)c1. The molecule has 7 heteroatoms. The lowest BCUT2D eigenvalue weighted by atomic mass is 9.78. The summed E-state index contributed by atoms with van der Waals surface area (Å²) in [6.07, 6.45) is 2.54. The number of carboxylic acid groups (broad SMARTS) is 1. The van der Waals surface area contributed by atoms with Gasteiger partial charge in [0.15, 0.2) is 0 Å². The minimum absolute atomic E-state index is 0.0643. The lowest BCUT2D eigenvalue weighted by molar-refractivity contribution is -0.148. The number of aryl methyl sites for hydroxylation is 3. The van der Waals surface area contributed by atoms with Crippen molar-refractivity contribution in [2.75, 3.05) is 12.4 Å². The highest BCUT2D eigenvalue weighted by Gasteiger charge is 2.54. The topological polar surface area (TPSA) is 92.7 Å². The molecule has 1 heterocycles. The number of fused-ring (bicyclic) bond motifs is 2. The summed E-state index contributed by atoms with van der Waals surface area (Å²) in [4.78, 5) is 38.7. The van der Waals surface area contributed by atoms with Gasteiger partial charge in [0.25, 0.3) is 0 Å². The van der Waals surface area contributed by atoms with E-state index in [-0.39, 0.29) is 17.7 Å². The van der Waals surface area contributed by atoms with Gasteiger partial charge in [0.1, 0.15) is 10.6 Å².